The molecule has 2 aromatic heterocycles. The number of fused-ring (bicyclic) bond motifs is 1. The standard InChI is InChI=1S/C14H19N5O2S/c1-3-6-15-12(21)10-5-4-7-18(10)14-17-19-11(20)8-9(2)16-13(19)22-14/h8,10H,3-7H2,1-2H3,(H,15,21). The highest BCUT2D eigenvalue weighted by Gasteiger charge is 2.32. The first kappa shape index (κ1) is 15.0. The lowest BCUT2D eigenvalue weighted by atomic mass is 10.2. The molecule has 0 aliphatic carbocycles. The van der Waals surface area contributed by atoms with E-state index >= 15 is 0 Å². The Morgan fingerprint density at radius 1 is 1.55 bits per heavy atom. The SMILES string of the molecule is CCCNC(=O)C1CCCN1c1nn2c(=O)cc(C)nc2s1. The number of rotatable bonds is 4. The van der Waals surface area contributed by atoms with E-state index in [4.69, 9.17) is 0 Å². The third-order valence-electron chi connectivity index (χ3n) is 3.71. The van der Waals surface area contributed by atoms with Crippen LogP contribution in [0.3, 0.4) is 0 Å². The predicted molar refractivity (Wildman–Crippen MR) is 85.5 cm³/mol. The van der Waals surface area contributed by atoms with E-state index in [2.05, 4.69) is 15.4 Å². The van der Waals surface area contributed by atoms with Gasteiger partial charge in [0.1, 0.15) is 6.04 Å². The van der Waals surface area contributed by atoms with E-state index in [0.29, 0.717) is 22.3 Å². The fourth-order valence-electron chi connectivity index (χ4n) is 2.66. The zero-order valence-corrected chi connectivity index (χ0v) is 13.5. The first-order valence-corrected chi connectivity index (χ1v) is 8.33. The van der Waals surface area contributed by atoms with Crippen molar-refractivity contribution in [2.24, 2.45) is 0 Å². The van der Waals surface area contributed by atoms with Crippen molar-refractivity contribution in [1.82, 2.24) is 19.9 Å². The molecule has 1 N–H and O–H groups in total. The van der Waals surface area contributed by atoms with Crippen molar-refractivity contribution in [2.45, 2.75) is 39.2 Å². The molecule has 3 heterocycles. The van der Waals surface area contributed by atoms with E-state index in [1.54, 1.807) is 6.92 Å². The molecule has 118 valence electrons. The second kappa shape index (κ2) is 6.04. The van der Waals surface area contributed by atoms with Crippen molar-refractivity contribution in [3.8, 4) is 0 Å². The molecule has 1 amide bonds. The topological polar surface area (TPSA) is 79.6 Å². The second-order valence-corrected chi connectivity index (χ2v) is 6.39. The van der Waals surface area contributed by atoms with Gasteiger partial charge in [-0.1, -0.05) is 18.3 Å². The van der Waals surface area contributed by atoms with Crippen molar-refractivity contribution in [1.29, 1.82) is 0 Å². The quantitative estimate of drug-likeness (QED) is 0.907. The average Bonchev–Trinajstić information content (AvgIpc) is 3.10. The van der Waals surface area contributed by atoms with E-state index in [1.807, 2.05) is 11.8 Å². The van der Waals surface area contributed by atoms with Crippen LogP contribution in [0.4, 0.5) is 5.13 Å². The molecule has 0 aromatic carbocycles. The Labute approximate surface area is 132 Å². The predicted octanol–water partition coefficient (Wildman–Crippen LogP) is 0.954. The molecule has 1 aliphatic rings. The Hall–Kier alpha value is -1.96. The molecule has 1 atom stereocenters. The fraction of sp³-hybridized carbons (Fsp3) is 0.571. The van der Waals surface area contributed by atoms with Crippen molar-refractivity contribution < 1.29 is 4.79 Å². The minimum Gasteiger partial charge on any atom is -0.354 e. The average molecular weight is 321 g/mol. The van der Waals surface area contributed by atoms with Gasteiger partial charge in [0.05, 0.1) is 0 Å². The van der Waals surface area contributed by atoms with Crippen LogP contribution in [0.2, 0.25) is 0 Å². The fourth-order valence-corrected chi connectivity index (χ4v) is 3.69. The van der Waals surface area contributed by atoms with Gasteiger partial charge < -0.3 is 10.2 Å². The first-order valence-electron chi connectivity index (χ1n) is 7.52. The van der Waals surface area contributed by atoms with Gasteiger partial charge in [-0.2, -0.15) is 4.52 Å². The largest absolute Gasteiger partial charge is 0.354 e. The van der Waals surface area contributed by atoms with E-state index in [1.165, 1.54) is 21.9 Å². The van der Waals surface area contributed by atoms with Crippen LogP contribution in [0.1, 0.15) is 31.9 Å². The van der Waals surface area contributed by atoms with Crippen LogP contribution in [0.5, 0.6) is 0 Å². The Bertz CT molecular complexity index is 753. The molecule has 0 spiro atoms. The van der Waals surface area contributed by atoms with E-state index in [9.17, 15) is 9.59 Å². The van der Waals surface area contributed by atoms with Gasteiger partial charge >= 0.3 is 0 Å². The van der Waals surface area contributed by atoms with Crippen LogP contribution in [0.15, 0.2) is 10.9 Å². The molecule has 1 unspecified atom stereocenters. The lowest BCUT2D eigenvalue weighted by Crippen LogP contribution is -2.43. The van der Waals surface area contributed by atoms with Gasteiger partial charge in [-0.05, 0) is 26.2 Å². The van der Waals surface area contributed by atoms with Gasteiger partial charge in [0, 0.05) is 24.8 Å². The zero-order valence-electron chi connectivity index (χ0n) is 12.7. The normalized spacial score (nSPS) is 18.1. The van der Waals surface area contributed by atoms with Crippen LogP contribution < -0.4 is 15.8 Å². The molecule has 22 heavy (non-hydrogen) atoms. The Morgan fingerprint density at radius 3 is 3.14 bits per heavy atom. The lowest BCUT2D eigenvalue weighted by Gasteiger charge is -2.22. The highest BCUT2D eigenvalue weighted by molar-refractivity contribution is 7.20. The minimum atomic E-state index is -0.205. The molecule has 0 radical (unpaired) electrons. The molecule has 7 nitrogen and oxygen atoms in total. The number of carbonyl (C=O) groups excluding carboxylic acids is 1. The van der Waals surface area contributed by atoms with Crippen LogP contribution >= 0.6 is 11.3 Å². The summed E-state index contributed by atoms with van der Waals surface area (Å²) in [6.07, 6.45) is 2.67. The maximum absolute atomic E-state index is 12.3. The van der Waals surface area contributed by atoms with Crippen molar-refractivity contribution in [2.75, 3.05) is 18.0 Å². The van der Waals surface area contributed by atoms with Crippen molar-refractivity contribution >= 4 is 27.3 Å². The second-order valence-electron chi connectivity index (χ2n) is 5.46. The summed E-state index contributed by atoms with van der Waals surface area (Å²) in [6.45, 7) is 5.28. The molecule has 1 aliphatic heterocycles. The Morgan fingerprint density at radius 2 is 2.36 bits per heavy atom. The number of carbonyl (C=O) groups is 1. The molecule has 1 fully saturated rings. The number of hydrogen-bond acceptors (Lipinski definition) is 6. The Balaban J connectivity index is 1.91. The third kappa shape index (κ3) is 2.70. The van der Waals surface area contributed by atoms with E-state index < -0.39 is 0 Å². The molecular weight excluding hydrogens is 302 g/mol. The zero-order chi connectivity index (χ0) is 15.7. The molecule has 0 saturated carbocycles. The maximum Gasteiger partial charge on any atom is 0.275 e. The van der Waals surface area contributed by atoms with Crippen LogP contribution in [0, 0.1) is 6.92 Å². The molecule has 0 bridgehead atoms. The van der Waals surface area contributed by atoms with Gasteiger partial charge in [0.15, 0.2) is 0 Å². The summed E-state index contributed by atoms with van der Waals surface area (Å²) >= 11 is 1.35. The van der Waals surface area contributed by atoms with E-state index in [-0.39, 0.29) is 17.5 Å². The first-order chi connectivity index (χ1) is 10.6. The molecule has 8 heteroatoms. The maximum atomic E-state index is 12.3. The number of aryl methyl sites for hydroxylation is 1. The number of anilines is 1. The van der Waals surface area contributed by atoms with Gasteiger partial charge in [-0.25, -0.2) is 4.98 Å². The van der Waals surface area contributed by atoms with Crippen molar-refractivity contribution in [3.05, 3.63) is 22.1 Å². The molecule has 3 rings (SSSR count). The van der Waals surface area contributed by atoms with Gasteiger partial charge in [-0.3, -0.25) is 9.59 Å². The number of nitrogens with zero attached hydrogens (tertiary/aromatic N) is 4. The minimum absolute atomic E-state index is 0.0371. The van der Waals surface area contributed by atoms with Gasteiger partial charge in [0.2, 0.25) is 16.0 Å². The van der Waals surface area contributed by atoms with Crippen LogP contribution in [-0.2, 0) is 4.79 Å². The highest BCUT2D eigenvalue weighted by atomic mass is 32.1. The smallest absolute Gasteiger partial charge is 0.275 e. The molecule has 1 saturated heterocycles. The van der Waals surface area contributed by atoms with Crippen molar-refractivity contribution in [3.63, 3.8) is 0 Å². The monoisotopic (exact) mass is 321 g/mol. The van der Waals surface area contributed by atoms with Crippen LogP contribution in [-0.4, -0.2) is 39.6 Å². The summed E-state index contributed by atoms with van der Waals surface area (Å²) in [4.78, 5) is 31.1. The summed E-state index contributed by atoms with van der Waals surface area (Å²) in [5, 5.41) is 7.98. The number of nitrogens with one attached hydrogen (secondary N) is 1. The highest BCUT2D eigenvalue weighted by Crippen LogP contribution is 2.29. The van der Waals surface area contributed by atoms with Gasteiger partial charge in [-0.15, -0.1) is 5.10 Å². The summed E-state index contributed by atoms with van der Waals surface area (Å²) in [7, 11) is 0. The number of hydrogen-bond donors (Lipinski definition) is 1. The van der Waals surface area contributed by atoms with E-state index in [0.717, 1.165) is 25.8 Å². The molecule has 2 aromatic rings. The summed E-state index contributed by atoms with van der Waals surface area (Å²) in [5.74, 6) is 0.0371. The summed E-state index contributed by atoms with van der Waals surface area (Å²) in [5.41, 5.74) is 0.495. The van der Waals surface area contributed by atoms with Crippen LogP contribution in [0.25, 0.3) is 4.96 Å². The molecular formula is C14H19N5O2S. The summed E-state index contributed by atoms with van der Waals surface area (Å²) < 4.78 is 1.31. The lowest BCUT2D eigenvalue weighted by molar-refractivity contribution is -0.122. The third-order valence-corrected chi connectivity index (χ3v) is 4.66. The Kier molecular flexibility index (Phi) is 4.10. The number of amides is 1. The number of aromatic nitrogens is 3. The van der Waals surface area contributed by atoms with Gasteiger partial charge in [0.25, 0.3) is 5.56 Å². The summed E-state index contributed by atoms with van der Waals surface area (Å²) in [6, 6.07) is 1.26.